The Morgan fingerprint density at radius 1 is 1.20 bits per heavy atom. The van der Waals surface area contributed by atoms with Gasteiger partial charge in [0.15, 0.2) is 0 Å². The molecular formula is C17H14ClN3O3S. The summed E-state index contributed by atoms with van der Waals surface area (Å²) < 4.78 is 2.39. The van der Waals surface area contributed by atoms with E-state index in [4.69, 9.17) is 17.3 Å². The summed E-state index contributed by atoms with van der Waals surface area (Å²) >= 11 is 7.31. The Morgan fingerprint density at radius 2 is 1.92 bits per heavy atom. The zero-order chi connectivity index (χ0) is 17.7. The lowest BCUT2D eigenvalue weighted by Gasteiger charge is -2.11. The number of hydrogen-bond acceptors (Lipinski definition) is 4. The summed E-state index contributed by atoms with van der Waals surface area (Å²) in [5, 5.41) is 1.03. The number of carbonyl (C=O) groups is 1. The zero-order valence-electron chi connectivity index (χ0n) is 13.1. The Bertz CT molecular complexity index is 1130. The normalized spacial score (nSPS) is 13.3. The van der Waals surface area contributed by atoms with Crippen molar-refractivity contribution in [2.24, 2.45) is 5.73 Å². The number of rotatable bonds is 3. The van der Waals surface area contributed by atoms with Gasteiger partial charge in [-0.05, 0) is 49.1 Å². The number of nitrogens with zero attached hydrogens (tertiary/aromatic N) is 2. The monoisotopic (exact) mass is 375 g/mol. The van der Waals surface area contributed by atoms with Crippen LogP contribution in [0, 0.1) is 0 Å². The van der Waals surface area contributed by atoms with Crippen LogP contribution in [0.25, 0.3) is 15.9 Å². The van der Waals surface area contributed by atoms with Crippen LogP contribution in [0.1, 0.15) is 16.9 Å². The van der Waals surface area contributed by atoms with Crippen LogP contribution in [0.3, 0.4) is 0 Å². The first-order chi connectivity index (χ1) is 12.0. The number of thiophene rings is 1. The number of aryl methyl sites for hydroxylation is 2. The van der Waals surface area contributed by atoms with Crippen molar-refractivity contribution in [3.8, 4) is 5.69 Å². The van der Waals surface area contributed by atoms with Crippen molar-refractivity contribution in [1.82, 2.24) is 9.13 Å². The Labute approximate surface area is 151 Å². The maximum Gasteiger partial charge on any atom is 0.337 e. The molecule has 1 aliphatic carbocycles. The topological polar surface area (TPSA) is 87.1 Å². The molecule has 4 rings (SSSR count). The van der Waals surface area contributed by atoms with Gasteiger partial charge in [0.05, 0.1) is 11.1 Å². The molecule has 0 spiro atoms. The second-order valence-electron chi connectivity index (χ2n) is 5.99. The molecule has 6 nitrogen and oxygen atoms in total. The molecule has 2 aromatic heterocycles. The van der Waals surface area contributed by atoms with Gasteiger partial charge in [0.1, 0.15) is 11.4 Å². The van der Waals surface area contributed by atoms with Crippen molar-refractivity contribution in [3.05, 3.63) is 60.6 Å². The fraction of sp³-hybridized carbons (Fsp3) is 0.235. The van der Waals surface area contributed by atoms with Crippen LogP contribution in [0.15, 0.2) is 33.9 Å². The lowest BCUT2D eigenvalue weighted by Crippen LogP contribution is -2.40. The van der Waals surface area contributed by atoms with Crippen molar-refractivity contribution in [2.75, 3.05) is 0 Å². The molecule has 1 aromatic carbocycles. The van der Waals surface area contributed by atoms with Gasteiger partial charge in [-0.15, -0.1) is 11.3 Å². The molecule has 2 N–H and O–H groups in total. The lowest BCUT2D eigenvalue weighted by atomic mass is 10.2. The first kappa shape index (κ1) is 16.1. The highest BCUT2D eigenvalue weighted by Gasteiger charge is 2.25. The fourth-order valence-corrected chi connectivity index (χ4v) is 4.82. The molecule has 2 heterocycles. The fourth-order valence-electron chi connectivity index (χ4n) is 3.32. The number of nitrogens with two attached hydrogens (primary N) is 1. The van der Waals surface area contributed by atoms with Crippen molar-refractivity contribution in [1.29, 1.82) is 0 Å². The second-order valence-corrected chi connectivity index (χ2v) is 7.51. The summed E-state index contributed by atoms with van der Waals surface area (Å²) in [4.78, 5) is 39.2. The Hall–Kier alpha value is -2.38. The van der Waals surface area contributed by atoms with Gasteiger partial charge in [0.25, 0.3) is 5.56 Å². The molecule has 0 atom stereocenters. The summed E-state index contributed by atoms with van der Waals surface area (Å²) in [6.45, 7) is -0.261. The van der Waals surface area contributed by atoms with E-state index in [1.807, 2.05) is 0 Å². The standard InChI is InChI=1S/C17H14ClN3O3S/c18-9-4-6-10(7-5-9)21-15(23)14-11-2-1-3-12(11)25-16(14)20(17(21)24)8-13(19)22/h4-7H,1-3,8H2,(H2,19,22). The molecule has 25 heavy (non-hydrogen) atoms. The first-order valence-corrected chi connectivity index (χ1v) is 9.01. The molecular weight excluding hydrogens is 362 g/mol. The Kier molecular flexibility index (Phi) is 3.77. The molecule has 0 saturated heterocycles. The molecule has 0 bridgehead atoms. The number of benzene rings is 1. The molecule has 128 valence electrons. The van der Waals surface area contributed by atoms with Gasteiger partial charge in [-0.1, -0.05) is 11.6 Å². The smallest absolute Gasteiger partial charge is 0.337 e. The summed E-state index contributed by atoms with van der Waals surface area (Å²) in [5.74, 6) is -0.627. The van der Waals surface area contributed by atoms with Crippen molar-refractivity contribution >= 4 is 39.1 Å². The minimum Gasteiger partial charge on any atom is -0.368 e. The summed E-state index contributed by atoms with van der Waals surface area (Å²) in [7, 11) is 0. The molecule has 1 amide bonds. The number of fused-ring (bicyclic) bond motifs is 3. The van der Waals surface area contributed by atoms with Crippen molar-refractivity contribution in [2.45, 2.75) is 25.8 Å². The van der Waals surface area contributed by atoms with E-state index < -0.39 is 11.6 Å². The molecule has 1 aliphatic rings. The molecule has 8 heteroatoms. The van der Waals surface area contributed by atoms with E-state index in [1.165, 1.54) is 15.9 Å². The number of amides is 1. The molecule has 0 unspecified atom stereocenters. The lowest BCUT2D eigenvalue weighted by molar-refractivity contribution is -0.118. The number of carbonyl (C=O) groups excluding carboxylic acids is 1. The van der Waals surface area contributed by atoms with Crippen LogP contribution >= 0.6 is 22.9 Å². The maximum absolute atomic E-state index is 13.1. The first-order valence-electron chi connectivity index (χ1n) is 7.81. The Morgan fingerprint density at radius 3 is 2.60 bits per heavy atom. The zero-order valence-corrected chi connectivity index (χ0v) is 14.7. The van der Waals surface area contributed by atoms with Gasteiger partial charge < -0.3 is 5.73 Å². The largest absolute Gasteiger partial charge is 0.368 e. The minimum atomic E-state index is -0.627. The van der Waals surface area contributed by atoms with Gasteiger partial charge in [0, 0.05) is 9.90 Å². The van der Waals surface area contributed by atoms with Crippen molar-refractivity contribution < 1.29 is 4.79 Å². The van der Waals surface area contributed by atoms with Gasteiger partial charge in [-0.2, -0.15) is 0 Å². The molecule has 0 fully saturated rings. The third-order valence-corrected chi connectivity index (χ3v) is 5.95. The highest BCUT2D eigenvalue weighted by molar-refractivity contribution is 7.19. The molecule has 0 aliphatic heterocycles. The van der Waals surface area contributed by atoms with E-state index >= 15 is 0 Å². The number of primary amides is 1. The third kappa shape index (κ3) is 2.51. The number of halogens is 1. The minimum absolute atomic E-state index is 0.261. The number of hydrogen-bond donors (Lipinski definition) is 1. The third-order valence-electron chi connectivity index (χ3n) is 4.39. The summed E-state index contributed by atoms with van der Waals surface area (Å²) in [6.07, 6.45) is 2.69. The van der Waals surface area contributed by atoms with E-state index in [0.29, 0.717) is 20.9 Å². The summed E-state index contributed by atoms with van der Waals surface area (Å²) in [5.41, 5.74) is 5.80. The van der Waals surface area contributed by atoms with E-state index in [1.54, 1.807) is 24.3 Å². The molecule has 3 aromatic rings. The molecule has 0 saturated carbocycles. The second kappa shape index (κ2) is 5.86. The van der Waals surface area contributed by atoms with Crippen LogP contribution in [-0.2, 0) is 24.2 Å². The number of aromatic nitrogens is 2. The van der Waals surface area contributed by atoms with Crippen LogP contribution < -0.4 is 17.0 Å². The van der Waals surface area contributed by atoms with Gasteiger partial charge in [-0.3, -0.25) is 14.2 Å². The SMILES string of the molecule is NC(=O)Cn1c(=O)n(-c2ccc(Cl)cc2)c(=O)c2c3c(sc21)CCC3. The van der Waals surface area contributed by atoms with Gasteiger partial charge in [0.2, 0.25) is 5.91 Å². The van der Waals surface area contributed by atoms with Gasteiger partial charge >= 0.3 is 5.69 Å². The van der Waals surface area contributed by atoms with Crippen LogP contribution in [0.5, 0.6) is 0 Å². The van der Waals surface area contributed by atoms with Crippen LogP contribution in [-0.4, -0.2) is 15.0 Å². The van der Waals surface area contributed by atoms with E-state index in [-0.39, 0.29) is 12.1 Å². The van der Waals surface area contributed by atoms with E-state index in [9.17, 15) is 14.4 Å². The van der Waals surface area contributed by atoms with Gasteiger partial charge in [-0.25, -0.2) is 9.36 Å². The van der Waals surface area contributed by atoms with Crippen LogP contribution in [0.2, 0.25) is 5.02 Å². The maximum atomic E-state index is 13.1. The quantitative estimate of drug-likeness (QED) is 0.757. The highest BCUT2D eigenvalue weighted by Crippen LogP contribution is 2.35. The average Bonchev–Trinajstić information content (AvgIpc) is 3.14. The predicted molar refractivity (Wildman–Crippen MR) is 97.9 cm³/mol. The Balaban J connectivity index is 2.12. The molecule has 0 radical (unpaired) electrons. The van der Waals surface area contributed by atoms with E-state index in [0.717, 1.165) is 34.3 Å². The average molecular weight is 376 g/mol. The van der Waals surface area contributed by atoms with E-state index in [2.05, 4.69) is 0 Å². The van der Waals surface area contributed by atoms with Crippen molar-refractivity contribution in [3.63, 3.8) is 0 Å². The summed E-state index contributed by atoms with van der Waals surface area (Å²) in [6, 6.07) is 6.45. The highest BCUT2D eigenvalue weighted by atomic mass is 35.5. The van der Waals surface area contributed by atoms with Crippen LogP contribution in [0.4, 0.5) is 0 Å². The predicted octanol–water partition coefficient (Wildman–Crippen LogP) is 1.84.